The van der Waals surface area contributed by atoms with E-state index in [0.29, 0.717) is 18.8 Å². The normalized spacial score (nSPS) is 38.0. The zero-order chi connectivity index (χ0) is 13.0. The highest BCUT2D eigenvalue weighted by molar-refractivity contribution is 4.95. The first kappa shape index (κ1) is 14.3. The Hall–Kier alpha value is -0.160. The van der Waals surface area contributed by atoms with Crippen LogP contribution in [0.15, 0.2) is 0 Å². The molecule has 2 fully saturated rings. The van der Waals surface area contributed by atoms with Gasteiger partial charge in [-0.15, -0.1) is 0 Å². The van der Waals surface area contributed by atoms with Crippen LogP contribution in [0.1, 0.15) is 39.0 Å². The van der Waals surface area contributed by atoms with E-state index in [0.717, 1.165) is 32.6 Å². The fourth-order valence-corrected chi connectivity index (χ4v) is 3.28. The predicted octanol–water partition coefficient (Wildman–Crippen LogP) is 1.38. The fraction of sp³-hybridized carbons (Fsp3) is 1.00. The number of nitrogens with zero attached hydrogens (tertiary/aromatic N) is 1. The van der Waals surface area contributed by atoms with Crippen molar-refractivity contribution in [2.24, 2.45) is 5.73 Å². The molecule has 0 aromatic carbocycles. The van der Waals surface area contributed by atoms with Crippen molar-refractivity contribution < 1.29 is 9.47 Å². The zero-order valence-electron chi connectivity index (χ0n) is 11.9. The quantitative estimate of drug-likeness (QED) is 0.825. The molecule has 2 rings (SSSR count). The third kappa shape index (κ3) is 3.23. The Kier molecular flexibility index (Phi) is 5.01. The van der Waals surface area contributed by atoms with E-state index in [9.17, 15) is 0 Å². The van der Waals surface area contributed by atoms with E-state index in [2.05, 4.69) is 18.9 Å². The molecule has 0 aromatic rings. The molecule has 0 spiro atoms. The van der Waals surface area contributed by atoms with Gasteiger partial charge in [0.1, 0.15) is 0 Å². The van der Waals surface area contributed by atoms with Gasteiger partial charge in [0.15, 0.2) is 0 Å². The summed E-state index contributed by atoms with van der Waals surface area (Å²) < 4.78 is 11.5. The van der Waals surface area contributed by atoms with Crippen molar-refractivity contribution in [3.8, 4) is 0 Å². The van der Waals surface area contributed by atoms with E-state index in [1.54, 1.807) is 0 Å². The number of ether oxygens (including phenoxy) is 2. The smallest absolute Gasteiger partial charge is 0.0702 e. The number of rotatable bonds is 4. The minimum atomic E-state index is 0.110. The van der Waals surface area contributed by atoms with Gasteiger partial charge in [-0.2, -0.15) is 0 Å². The van der Waals surface area contributed by atoms with Gasteiger partial charge in [0.05, 0.1) is 12.2 Å². The standard InChI is InChI=1S/C14H28N2O2/c1-12-9-14(11-15,6-8-17-12)16(2)10-13-5-3-4-7-18-13/h12-13H,3-11,15H2,1-2H3. The van der Waals surface area contributed by atoms with Gasteiger partial charge in [0, 0.05) is 31.8 Å². The summed E-state index contributed by atoms with van der Waals surface area (Å²) in [6.45, 7) is 5.62. The van der Waals surface area contributed by atoms with Crippen LogP contribution in [0.3, 0.4) is 0 Å². The molecule has 2 N–H and O–H groups in total. The summed E-state index contributed by atoms with van der Waals surface area (Å²) in [5.41, 5.74) is 6.18. The average molecular weight is 256 g/mol. The number of hydrogen-bond acceptors (Lipinski definition) is 4. The second kappa shape index (κ2) is 6.33. The average Bonchev–Trinajstić information content (AvgIpc) is 2.39. The van der Waals surface area contributed by atoms with Crippen LogP contribution in [-0.2, 0) is 9.47 Å². The van der Waals surface area contributed by atoms with Gasteiger partial charge in [-0.1, -0.05) is 0 Å². The Morgan fingerprint density at radius 3 is 2.72 bits per heavy atom. The molecule has 2 aliphatic heterocycles. The predicted molar refractivity (Wildman–Crippen MR) is 72.7 cm³/mol. The summed E-state index contributed by atoms with van der Waals surface area (Å²) in [7, 11) is 2.20. The van der Waals surface area contributed by atoms with Crippen molar-refractivity contribution in [2.75, 3.05) is 33.4 Å². The number of nitrogens with two attached hydrogens (primary N) is 1. The van der Waals surface area contributed by atoms with Crippen molar-refractivity contribution in [1.82, 2.24) is 4.90 Å². The molecular formula is C14H28N2O2. The Balaban J connectivity index is 1.93. The van der Waals surface area contributed by atoms with E-state index < -0.39 is 0 Å². The number of hydrogen-bond donors (Lipinski definition) is 1. The molecule has 0 radical (unpaired) electrons. The molecule has 2 saturated heterocycles. The van der Waals surface area contributed by atoms with Crippen molar-refractivity contribution in [1.29, 1.82) is 0 Å². The Labute approximate surface area is 111 Å². The molecule has 4 heteroatoms. The van der Waals surface area contributed by atoms with E-state index >= 15 is 0 Å². The molecule has 0 amide bonds. The van der Waals surface area contributed by atoms with Gasteiger partial charge in [-0.3, -0.25) is 4.90 Å². The van der Waals surface area contributed by atoms with E-state index in [4.69, 9.17) is 15.2 Å². The Bertz CT molecular complexity index is 256. The first-order valence-electron chi connectivity index (χ1n) is 7.31. The maximum Gasteiger partial charge on any atom is 0.0702 e. The zero-order valence-corrected chi connectivity index (χ0v) is 11.9. The lowest BCUT2D eigenvalue weighted by molar-refractivity contribution is -0.0775. The third-order valence-electron chi connectivity index (χ3n) is 4.58. The van der Waals surface area contributed by atoms with Crippen LogP contribution < -0.4 is 5.73 Å². The largest absolute Gasteiger partial charge is 0.378 e. The van der Waals surface area contributed by atoms with Crippen LogP contribution in [0.5, 0.6) is 0 Å². The van der Waals surface area contributed by atoms with Gasteiger partial charge in [-0.25, -0.2) is 0 Å². The lowest BCUT2D eigenvalue weighted by Crippen LogP contribution is -2.58. The summed E-state index contributed by atoms with van der Waals surface area (Å²) in [6.07, 6.45) is 6.49. The molecule has 0 saturated carbocycles. The van der Waals surface area contributed by atoms with Crippen LogP contribution in [0.4, 0.5) is 0 Å². The molecule has 18 heavy (non-hydrogen) atoms. The molecule has 0 aliphatic carbocycles. The van der Waals surface area contributed by atoms with Crippen molar-refractivity contribution in [2.45, 2.75) is 56.8 Å². The van der Waals surface area contributed by atoms with Crippen LogP contribution >= 0.6 is 0 Å². The SMILES string of the molecule is CC1CC(CN)(N(C)CC2CCCCO2)CCO1. The molecule has 106 valence electrons. The highest BCUT2D eigenvalue weighted by Gasteiger charge is 2.38. The third-order valence-corrected chi connectivity index (χ3v) is 4.58. The van der Waals surface area contributed by atoms with Crippen molar-refractivity contribution in [3.05, 3.63) is 0 Å². The first-order chi connectivity index (χ1) is 8.66. The molecule has 2 aliphatic rings. The lowest BCUT2D eigenvalue weighted by atomic mass is 9.85. The molecule has 4 nitrogen and oxygen atoms in total. The minimum absolute atomic E-state index is 0.110. The highest BCUT2D eigenvalue weighted by Crippen LogP contribution is 2.30. The summed E-state index contributed by atoms with van der Waals surface area (Å²) in [5, 5.41) is 0. The Morgan fingerprint density at radius 2 is 2.11 bits per heavy atom. The topological polar surface area (TPSA) is 47.7 Å². The molecule has 2 heterocycles. The summed E-state index contributed by atoms with van der Waals surface area (Å²) in [4.78, 5) is 2.43. The van der Waals surface area contributed by atoms with Crippen LogP contribution in [0.25, 0.3) is 0 Å². The van der Waals surface area contributed by atoms with E-state index in [1.807, 2.05) is 0 Å². The fourth-order valence-electron chi connectivity index (χ4n) is 3.28. The second-order valence-corrected chi connectivity index (χ2v) is 5.93. The molecule has 0 aromatic heterocycles. The van der Waals surface area contributed by atoms with E-state index in [1.165, 1.54) is 19.3 Å². The summed E-state index contributed by atoms with van der Waals surface area (Å²) in [5.74, 6) is 0. The van der Waals surface area contributed by atoms with Crippen molar-refractivity contribution >= 4 is 0 Å². The van der Waals surface area contributed by atoms with E-state index in [-0.39, 0.29) is 5.54 Å². The molecule has 0 bridgehead atoms. The van der Waals surface area contributed by atoms with Gasteiger partial charge in [0.2, 0.25) is 0 Å². The monoisotopic (exact) mass is 256 g/mol. The minimum Gasteiger partial charge on any atom is -0.378 e. The maximum absolute atomic E-state index is 6.07. The van der Waals surface area contributed by atoms with Crippen LogP contribution in [-0.4, -0.2) is 56.0 Å². The Morgan fingerprint density at radius 1 is 1.28 bits per heavy atom. The van der Waals surface area contributed by atoms with Gasteiger partial charge in [0.25, 0.3) is 0 Å². The number of likely N-dealkylation sites (N-methyl/N-ethyl adjacent to an activating group) is 1. The van der Waals surface area contributed by atoms with Gasteiger partial charge in [-0.05, 0) is 46.1 Å². The summed E-state index contributed by atoms with van der Waals surface area (Å²) in [6, 6.07) is 0. The van der Waals surface area contributed by atoms with Gasteiger partial charge >= 0.3 is 0 Å². The summed E-state index contributed by atoms with van der Waals surface area (Å²) >= 11 is 0. The maximum atomic E-state index is 6.07. The first-order valence-corrected chi connectivity index (χ1v) is 7.31. The highest BCUT2D eigenvalue weighted by atomic mass is 16.5. The lowest BCUT2D eigenvalue weighted by Gasteiger charge is -2.47. The van der Waals surface area contributed by atoms with Crippen LogP contribution in [0.2, 0.25) is 0 Å². The molecular weight excluding hydrogens is 228 g/mol. The molecule has 3 atom stereocenters. The van der Waals surface area contributed by atoms with Crippen molar-refractivity contribution in [3.63, 3.8) is 0 Å². The molecule has 3 unspecified atom stereocenters. The van der Waals surface area contributed by atoms with Gasteiger partial charge < -0.3 is 15.2 Å². The van der Waals surface area contributed by atoms with Crippen LogP contribution in [0, 0.1) is 0 Å². The second-order valence-electron chi connectivity index (χ2n) is 5.93.